The van der Waals surface area contributed by atoms with Crippen molar-refractivity contribution in [3.63, 3.8) is 0 Å². The molecule has 0 unspecified atom stereocenters. The number of halogens is 2. The lowest BCUT2D eigenvalue weighted by Gasteiger charge is -2.04. The van der Waals surface area contributed by atoms with Crippen LogP contribution in [0.25, 0.3) is 0 Å². The number of carboxylic acids is 1. The molecule has 0 saturated heterocycles. The van der Waals surface area contributed by atoms with Crippen LogP contribution < -0.4 is 0 Å². The Morgan fingerprint density at radius 2 is 1.93 bits per heavy atom. The first-order valence-electron chi connectivity index (χ1n) is 3.73. The number of carbonyl (C=O) groups is 1. The van der Waals surface area contributed by atoms with Gasteiger partial charge in [-0.25, -0.2) is 8.42 Å². The van der Waals surface area contributed by atoms with Gasteiger partial charge in [-0.15, -0.1) is 0 Å². The predicted octanol–water partition coefficient (Wildman–Crippen LogP) is 1.85. The van der Waals surface area contributed by atoms with E-state index in [9.17, 15) is 13.2 Å². The van der Waals surface area contributed by atoms with Gasteiger partial charge in [0.05, 0.1) is 14.9 Å². The van der Waals surface area contributed by atoms with Crippen LogP contribution in [0.3, 0.4) is 0 Å². The average Bonchev–Trinajstić information content (AvgIpc) is 2.07. The fourth-order valence-corrected chi connectivity index (χ4v) is 2.82. The van der Waals surface area contributed by atoms with E-state index in [0.717, 1.165) is 0 Å². The van der Waals surface area contributed by atoms with Crippen molar-refractivity contribution in [2.75, 3.05) is 5.75 Å². The number of hydrogen-bond acceptors (Lipinski definition) is 3. The van der Waals surface area contributed by atoms with Crippen molar-refractivity contribution < 1.29 is 18.3 Å². The molecule has 1 N–H and O–H groups in total. The van der Waals surface area contributed by atoms with Gasteiger partial charge in [-0.2, -0.15) is 0 Å². The van der Waals surface area contributed by atoms with E-state index in [0.29, 0.717) is 0 Å². The molecule has 0 aliphatic heterocycles. The topological polar surface area (TPSA) is 71.4 Å². The van der Waals surface area contributed by atoms with Gasteiger partial charge < -0.3 is 5.11 Å². The Hall–Kier alpha value is -0.780. The summed E-state index contributed by atoms with van der Waals surface area (Å²) in [4.78, 5) is 10.1. The Morgan fingerprint density at radius 1 is 1.33 bits per heavy atom. The average molecular weight is 269 g/mol. The van der Waals surface area contributed by atoms with Crippen molar-refractivity contribution in [3.05, 3.63) is 28.2 Å². The second-order valence-electron chi connectivity index (χ2n) is 2.70. The first kappa shape index (κ1) is 12.3. The Kier molecular flexibility index (Phi) is 3.59. The van der Waals surface area contributed by atoms with E-state index in [1.165, 1.54) is 18.2 Å². The summed E-state index contributed by atoms with van der Waals surface area (Å²) in [6.07, 6.45) is 0. The standard InChI is InChI=1S/C8H6Cl2O4S/c9-5-2-1-3-6(8(5)10)15(13,14)4-7(11)12/h1-3H,4H2,(H,11,12). The lowest BCUT2D eigenvalue weighted by molar-refractivity contribution is -0.134. The molecule has 0 aliphatic carbocycles. The Labute approximate surface area is 96.3 Å². The van der Waals surface area contributed by atoms with E-state index in [4.69, 9.17) is 28.3 Å². The van der Waals surface area contributed by atoms with Gasteiger partial charge in [-0.05, 0) is 12.1 Å². The molecule has 0 spiro atoms. The zero-order chi connectivity index (χ0) is 11.6. The fraction of sp³-hybridized carbons (Fsp3) is 0.125. The highest BCUT2D eigenvalue weighted by Crippen LogP contribution is 2.29. The molecule has 0 aromatic heterocycles. The second kappa shape index (κ2) is 4.38. The maximum Gasteiger partial charge on any atom is 0.319 e. The SMILES string of the molecule is O=C(O)CS(=O)(=O)c1cccc(Cl)c1Cl. The second-order valence-corrected chi connectivity index (χ2v) is 5.45. The van der Waals surface area contributed by atoms with Crippen LogP contribution in [0.2, 0.25) is 10.0 Å². The molecule has 15 heavy (non-hydrogen) atoms. The molecule has 0 aliphatic rings. The summed E-state index contributed by atoms with van der Waals surface area (Å²) in [5.74, 6) is -2.45. The summed E-state index contributed by atoms with van der Waals surface area (Å²) in [5, 5.41) is 8.34. The molecule has 1 aromatic carbocycles. The third kappa shape index (κ3) is 2.84. The minimum absolute atomic E-state index is 0.0723. The molecule has 0 saturated carbocycles. The van der Waals surface area contributed by atoms with Crippen LogP contribution in [0.4, 0.5) is 0 Å². The molecular weight excluding hydrogens is 263 g/mol. The zero-order valence-electron chi connectivity index (χ0n) is 7.28. The summed E-state index contributed by atoms with van der Waals surface area (Å²) in [6, 6.07) is 4.03. The minimum Gasteiger partial charge on any atom is -0.480 e. The fourth-order valence-electron chi connectivity index (χ4n) is 0.965. The highest BCUT2D eigenvalue weighted by Gasteiger charge is 2.22. The summed E-state index contributed by atoms with van der Waals surface area (Å²) < 4.78 is 23.0. The van der Waals surface area contributed by atoms with Crippen molar-refractivity contribution in [2.24, 2.45) is 0 Å². The van der Waals surface area contributed by atoms with E-state index in [2.05, 4.69) is 0 Å². The highest BCUT2D eigenvalue weighted by atomic mass is 35.5. The third-order valence-corrected chi connectivity index (χ3v) is 4.13. The first-order chi connectivity index (χ1) is 6.84. The molecule has 0 bridgehead atoms. The molecule has 82 valence electrons. The number of hydrogen-bond donors (Lipinski definition) is 1. The molecule has 0 fully saturated rings. The Bertz CT molecular complexity index is 495. The molecule has 1 aromatic rings. The molecule has 4 nitrogen and oxygen atoms in total. The Morgan fingerprint density at radius 3 is 2.47 bits per heavy atom. The van der Waals surface area contributed by atoms with Crippen LogP contribution in [-0.2, 0) is 14.6 Å². The maximum absolute atomic E-state index is 11.5. The van der Waals surface area contributed by atoms with Gasteiger partial charge in [0.15, 0.2) is 15.6 Å². The van der Waals surface area contributed by atoms with Crippen LogP contribution in [0, 0.1) is 0 Å². The van der Waals surface area contributed by atoms with Gasteiger partial charge in [0.2, 0.25) is 0 Å². The number of aliphatic carboxylic acids is 1. The van der Waals surface area contributed by atoms with E-state index >= 15 is 0 Å². The maximum atomic E-state index is 11.5. The normalized spacial score (nSPS) is 11.3. The predicted molar refractivity (Wildman–Crippen MR) is 56.2 cm³/mol. The summed E-state index contributed by atoms with van der Waals surface area (Å²) >= 11 is 11.3. The Balaban J connectivity index is 3.28. The lowest BCUT2D eigenvalue weighted by Crippen LogP contribution is -2.15. The summed E-state index contributed by atoms with van der Waals surface area (Å²) in [5.41, 5.74) is 0. The van der Waals surface area contributed by atoms with E-state index < -0.39 is 21.6 Å². The summed E-state index contributed by atoms with van der Waals surface area (Å²) in [7, 11) is -3.93. The lowest BCUT2D eigenvalue weighted by atomic mass is 10.4. The number of benzene rings is 1. The van der Waals surface area contributed by atoms with Crippen molar-refractivity contribution in [1.29, 1.82) is 0 Å². The summed E-state index contributed by atoms with van der Waals surface area (Å²) in [6.45, 7) is 0. The van der Waals surface area contributed by atoms with Crippen molar-refractivity contribution >= 4 is 39.0 Å². The third-order valence-electron chi connectivity index (χ3n) is 1.56. The van der Waals surface area contributed by atoms with Crippen molar-refractivity contribution in [3.8, 4) is 0 Å². The van der Waals surface area contributed by atoms with Crippen LogP contribution in [0.5, 0.6) is 0 Å². The van der Waals surface area contributed by atoms with Gasteiger partial charge in [-0.1, -0.05) is 29.3 Å². The largest absolute Gasteiger partial charge is 0.480 e. The van der Waals surface area contributed by atoms with Gasteiger partial charge in [0.25, 0.3) is 0 Å². The molecular formula is C8H6Cl2O4S. The number of carboxylic acid groups (broad SMARTS) is 1. The zero-order valence-corrected chi connectivity index (χ0v) is 9.60. The number of sulfone groups is 1. The molecule has 0 heterocycles. The monoisotopic (exact) mass is 268 g/mol. The van der Waals surface area contributed by atoms with Crippen LogP contribution in [0.15, 0.2) is 23.1 Å². The highest BCUT2D eigenvalue weighted by molar-refractivity contribution is 7.92. The molecule has 7 heteroatoms. The van der Waals surface area contributed by atoms with E-state index in [1.807, 2.05) is 0 Å². The van der Waals surface area contributed by atoms with Crippen LogP contribution in [-0.4, -0.2) is 25.2 Å². The number of rotatable bonds is 3. The molecule has 1 rings (SSSR count). The quantitative estimate of drug-likeness (QED) is 0.908. The van der Waals surface area contributed by atoms with Crippen molar-refractivity contribution in [1.82, 2.24) is 0 Å². The van der Waals surface area contributed by atoms with Gasteiger partial charge >= 0.3 is 5.97 Å². The smallest absolute Gasteiger partial charge is 0.319 e. The first-order valence-corrected chi connectivity index (χ1v) is 6.14. The van der Waals surface area contributed by atoms with Crippen LogP contribution >= 0.6 is 23.2 Å². The van der Waals surface area contributed by atoms with E-state index in [1.54, 1.807) is 0 Å². The molecule has 0 amide bonds. The molecule has 0 radical (unpaired) electrons. The molecule has 0 atom stereocenters. The van der Waals surface area contributed by atoms with Crippen LogP contribution in [0.1, 0.15) is 0 Å². The minimum atomic E-state index is -3.93. The van der Waals surface area contributed by atoms with E-state index in [-0.39, 0.29) is 14.9 Å². The van der Waals surface area contributed by atoms with Gasteiger partial charge in [0, 0.05) is 0 Å². The van der Waals surface area contributed by atoms with Gasteiger partial charge in [-0.3, -0.25) is 4.79 Å². The van der Waals surface area contributed by atoms with Crippen molar-refractivity contribution in [2.45, 2.75) is 4.90 Å². The van der Waals surface area contributed by atoms with Gasteiger partial charge in [0.1, 0.15) is 0 Å².